The molecule has 0 saturated heterocycles. The van der Waals surface area contributed by atoms with E-state index in [1.165, 1.54) is 30.6 Å². The SMILES string of the molecule is COc1ccc(C(=O)COC(=O)CCc2nc(-c3cccs3)no2)cc1F. The van der Waals surface area contributed by atoms with Crippen LogP contribution in [0.3, 0.4) is 0 Å². The number of carbonyl (C=O) groups is 2. The molecule has 0 radical (unpaired) electrons. The van der Waals surface area contributed by atoms with Crippen molar-refractivity contribution in [3.05, 3.63) is 53.0 Å². The van der Waals surface area contributed by atoms with Crippen molar-refractivity contribution in [1.82, 2.24) is 10.1 Å². The number of carbonyl (C=O) groups excluding carboxylic acids is 2. The van der Waals surface area contributed by atoms with E-state index < -0.39 is 24.2 Å². The Bertz CT molecular complexity index is 939. The summed E-state index contributed by atoms with van der Waals surface area (Å²) < 4.78 is 28.4. The zero-order valence-electron chi connectivity index (χ0n) is 14.3. The van der Waals surface area contributed by atoms with E-state index in [2.05, 4.69) is 10.1 Å². The molecule has 0 unspecified atom stereocenters. The van der Waals surface area contributed by atoms with E-state index in [4.69, 9.17) is 14.0 Å². The van der Waals surface area contributed by atoms with Crippen LogP contribution in [0.4, 0.5) is 4.39 Å². The molecule has 0 N–H and O–H groups in total. The van der Waals surface area contributed by atoms with Gasteiger partial charge in [-0.3, -0.25) is 9.59 Å². The standard InChI is InChI=1S/C18H15FN2O5S/c1-24-14-5-4-11(9-12(14)19)13(22)10-25-17(23)7-6-16-20-18(21-26-16)15-3-2-8-27-15/h2-5,8-9H,6-7,10H2,1H3. The molecule has 0 spiro atoms. The minimum atomic E-state index is -0.660. The highest BCUT2D eigenvalue weighted by atomic mass is 32.1. The number of esters is 1. The van der Waals surface area contributed by atoms with Gasteiger partial charge in [-0.25, -0.2) is 4.39 Å². The molecule has 3 rings (SSSR count). The third kappa shape index (κ3) is 4.76. The number of rotatable bonds is 8. The molecule has 0 aliphatic rings. The molecule has 0 atom stereocenters. The summed E-state index contributed by atoms with van der Waals surface area (Å²) >= 11 is 1.48. The molecule has 0 saturated carbocycles. The Balaban J connectivity index is 1.47. The second-order valence-corrected chi connectivity index (χ2v) is 6.37. The van der Waals surface area contributed by atoms with Crippen LogP contribution in [0, 0.1) is 5.82 Å². The Kier molecular flexibility index (Phi) is 5.92. The lowest BCUT2D eigenvalue weighted by atomic mass is 10.1. The van der Waals surface area contributed by atoms with Gasteiger partial charge < -0.3 is 14.0 Å². The minimum Gasteiger partial charge on any atom is -0.494 e. The van der Waals surface area contributed by atoms with Crippen LogP contribution in [-0.4, -0.2) is 35.6 Å². The van der Waals surface area contributed by atoms with Crippen molar-refractivity contribution in [2.24, 2.45) is 0 Å². The van der Waals surface area contributed by atoms with Crippen molar-refractivity contribution < 1.29 is 28.0 Å². The largest absolute Gasteiger partial charge is 0.494 e. The first-order chi connectivity index (χ1) is 13.1. The molecule has 0 aliphatic carbocycles. The van der Waals surface area contributed by atoms with Gasteiger partial charge in [0.05, 0.1) is 18.4 Å². The van der Waals surface area contributed by atoms with E-state index >= 15 is 0 Å². The molecular weight excluding hydrogens is 375 g/mol. The van der Waals surface area contributed by atoms with E-state index in [9.17, 15) is 14.0 Å². The maximum absolute atomic E-state index is 13.6. The van der Waals surface area contributed by atoms with E-state index in [0.29, 0.717) is 11.7 Å². The lowest BCUT2D eigenvalue weighted by Crippen LogP contribution is -2.14. The monoisotopic (exact) mass is 390 g/mol. The highest BCUT2D eigenvalue weighted by Crippen LogP contribution is 2.21. The fourth-order valence-electron chi connectivity index (χ4n) is 2.21. The molecule has 7 nitrogen and oxygen atoms in total. The van der Waals surface area contributed by atoms with Crippen molar-refractivity contribution in [3.8, 4) is 16.5 Å². The molecule has 140 valence electrons. The van der Waals surface area contributed by atoms with Crippen LogP contribution in [0.1, 0.15) is 22.7 Å². The Labute approximate surface area is 157 Å². The second kappa shape index (κ2) is 8.54. The number of nitrogens with zero attached hydrogens (tertiary/aromatic N) is 2. The summed E-state index contributed by atoms with van der Waals surface area (Å²) in [6, 6.07) is 7.52. The summed E-state index contributed by atoms with van der Waals surface area (Å²) in [5, 5.41) is 5.74. The van der Waals surface area contributed by atoms with Gasteiger partial charge in [0, 0.05) is 12.0 Å². The van der Waals surface area contributed by atoms with E-state index in [0.717, 1.165) is 10.9 Å². The minimum absolute atomic E-state index is 0.0175. The summed E-state index contributed by atoms with van der Waals surface area (Å²) in [5.74, 6) is -0.961. The molecule has 3 aromatic rings. The van der Waals surface area contributed by atoms with Crippen LogP contribution < -0.4 is 4.74 Å². The maximum atomic E-state index is 13.6. The maximum Gasteiger partial charge on any atom is 0.306 e. The van der Waals surface area contributed by atoms with Gasteiger partial charge in [0.15, 0.2) is 24.0 Å². The first-order valence-electron chi connectivity index (χ1n) is 7.95. The van der Waals surface area contributed by atoms with Gasteiger partial charge in [0.25, 0.3) is 0 Å². The highest BCUT2D eigenvalue weighted by molar-refractivity contribution is 7.13. The predicted molar refractivity (Wildman–Crippen MR) is 94.2 cm³/mol. The highest BCUT2D eigenvalue weighted by Gasteiger charge is 2.15. The average Bonchev–Trinajstić information content (AvgIpc) is 3.35. The summed E-state index contributed by atoms with van der Waals surface area (Å²) in [6.45, 7) is -0.477. The number of Topliss-reactive ketones (excluding diaryl/α,β-unsaturated/α-hetero) is 1. The number of aryl methyl sites for hydroxylation is 1. The summed E-state index contributed by atoms with van der Waals surface area (Å²) in [4.78, 5) is 28.8. The van der Waals surface area contributed by atoms with Crippen molar-refractivity contribution in [3.63, 3.8) is 0 Å². The Hall–Kier alpha value is -3.07. The molecule has 0 amide bonds. The van der Waals surface area contributed by atoms with Crippen molar-refractivity contribution in [2.75, 3.05) is 13.7 Å². The zero-order chi connectivity index (χ0) is 19.2. The van der Waals surface area contributed by atoms with Gasteiger partial charge in [-0.05, 0) is 29.6 Å². The zero-order valence-corrected chi connectivity index (χ0v) is 15.1. The molecule has 0 fully saturated rings. The summed E-state index contributed by atoms with van der Waals surface area (Å²) in [5.41, 5.74) is 0.0959. The molecule has 1 aromatic carbocycles. The van der Waals surface area contributed by atoms with Crippen LogP contribution in [-0.2, 0) is 16.0 Å². The van der Waals surface area contributed by atoms with Gasteiger partial charge in [0.2, 0.25) is 11.7 Å². The van der Waals surface area contributed by atoms with Crippen molar-refractivity contribution in [1.29, 1.82) is 0 Å². The van der Waals surface area contributed by atoms with Crippen molar-refractivity contribution >= 4 is 23.1 Å². The molecule has 9 heteroatoms. The van der Waals surface area contributed by atoms with E-state index in [1.54, 1.807) is 0 Å². The van der Waals surface area contributed by atoms with Gasteiger partial charge in [-0.15, -0.1) is 11.3 Å². The molecule has 2 heterocycles. The van der Waals surface area contributed by atoms with Gasteiger partial charge in [-0.2, -0.15) is 4.98 Å². The molecule has 0 bridgehead atoms. The number of thiophene rings is 1. The van der Waals surface area contributed by atoms with Gasteiger partial charge in [0.1, 0.15) is 0 Å². The van der Waals surface area contributed by atoms with E-state index in [-0.39, 0.29) is 24.2 Å². The van der Waals surface area contributed by atoms with Gasteiger partial charge in [-0.1, -0.05) is 11.2 Å². The second-order valence-electron chi connectivity index (χ2n) is 5.42. The van der Waals surface area contributed by atoms with Crippen molar-refractivity contribution in [2.45, 2.75) is 12.8 Å². The summed E-state index contributed by atoms with van der Waals surface area (Å²) in [7, 11) is 1.33. The number of halogens is 1. The van der Waals surface area contributed by atoms with Crippen LogP contribution in [0.5, 0.6) is 5.75 Å². The fourth-order valence-corrected chi connectivity index (χ4v) is 2.86. The summed E-state index contributed by atoms with van der Waals surface area (Å²) in [6.07, 6.45) is 0.179. The number of hydrogen-bond donors (Lipinski definition) is 0. The quantitative estimate of drug-likeness (QED) is 0.430. The average molecular weight is 390 g/mol. The normalized spacial score (nSPS) is 10.6. The third-order valence-electron chi connectivity index (χ3n) is 3.59. The van der Waals surface area contributed by atoms with Gasteiger partial charge >= 0.3 is 5.97 Å². The van der Waals surface area contributed by atoms with Crippen LogP contribution in [0.15, 0.2) is 40.2 Å². The first-order valence-corrected chi connectivity index (χ1v) is 8.83. The van der Waals surface area contributed by atoms with Crippen LogP contribution >= 0.6 is 11.3 Å². The number of ketones is 1. The van der Waals surface area contributed by atoms with E-state index in [1.807, 2.05) is 17.5 Å². The fraction of sp³-hybridized carbons (Fsp3) is 0.222. The number of methoxy groups -OCH3 is 1. The topological polar surface area (TPSA) is 91.5 Å². The Morgan fingerprint density at radius 1 is 1.30 bits per heavy atom. The third-order valence-corrected chi connectivity index (χ3v) is 4.46. The lowest BCUT2D eigenvalue weighted by molar-refractivity contribution is -0.142. The Morgan fingerprint density at radius 3 is 2.85 bits per heavy atom. The molecule has 2 aromatic heterocycles. The predicted octanol–water partition coefficient (Wildman–Crippen LogP) is 3.30. The van der Waals surface area contributed by atoms with Crippen LogP contribution in [0.25, 0.3) is 10.7 Å². The lowest BCUT2D eigenvalue weighted by Gasteiger charge is -2.05. The number of aromatic nitrogens is 2. The first kappa shape index (κ1) is 18.7. The number of ether oxygens (including phenoxy) is 2. The molecule has 0 aliphatic heterocycles. The number of benzene rings is 1. The smallest absolute Gasteiger partial charge is 0.306 e. The van der Waals surface area contributed by atoms with Crippen LogP contribution in [0.2, 0.25) is 0 Å². The number of hydrogen-bond acceptors (Lipinski definition) is 8. The Morgan fingerprint density at radius 2 is 2.15 bits per heavy atom. The molecule has 27 heavy (non-hydrogen) atoms. The molecular formula is C18H15FN2O5S.